The van der Waals surface area contributed by atoms with Gasteiger partial charge in [0, 0.05) is 10.0 Å². The summed E-state index contributed by atoms with van der Waals surface area (Å²) in [5.41, 5.74) is 6.17. The molecular formula is C14H10BrClFNO2. The zero-order valence-electron chi connectivity index (χ0n) is 10.2. The fourth-order valence-electron chi connectivity index (χ4n) is 1.61. The first-order chi connectivity index (χ1) is 9.47. The van der Waals surface area contributed by atoms with Crippen LogP contribution in [0.1, 0.15) is 15.9 Å². The van der Waals surface area contributed by atoms with E-state index in [0.29, 0.717) is 11.3 Å². The molecule has 0 aliphatic carbocycles. The van der Waals surface area contributed by atoms with Crippen LogP contribution in [0.4, 0.5) is 4.39 Å². The monoisotopic (exact) mass is 357 g/mol. The summed E-state index contributed by atoms with van der Waals surface area (Å²) in [4.78, 5) is 11.3. The van der Waals surface area contributed by atoms with Gasteiger partial charge in [-0.1, -0.05) is 33.6 Å². The molecule has 6 heteroatoms. The van der Waals surface area contributed by atoms with Gasteiger partial charge in [-0.2, -0.15) is 0 Å². The van der Waals surface area contributed by atoms with E-state index in [-0.39, 0.29) is 17.2 Å². The number of primary amides is 1. The SMILES string of the molecule is NC(=O)c1cc(Br)ccc1OCc1ccc(F)cc1Cl. The van der Waals surface area contributed by atoms with Gasteiger partial charge in [0.15, 0.2) is 0 Å². The number of benzene rings is 2. The molecular weight excluding hydrogens is 349 g/mol. The van der Waals surface area contributed by atoms with Crippen molar-refractivity contribution in [2.45, 2.75) is 6.61 Å². The minimum absolute atomic E-state index is 0.112. The lowest BCUT2D eigenvalue weighted by molar-refractivity contribution is 0.0996. The fourth-order valence-corrected chi connectivity index (χ4v) is 2.20. The molecule has 1 amide bonds. The Labute approximate surface area is 128 Å². The van der Waals surface area contributed by atoms with E-state index in [1.165, 1.54) is 18.2 Å². The molecule has 0 bridgehead atoms. The molecule has 3 nitrogen and oxygen atoms in total. The molecule has 0 spiro atoms. The number of rotatable bonds is 4. The van der Waals surface area contributed by atoms with E-state index >= 15 is 0 Å². The van der Waals surface area contributed by atoms with Crippen molar-refractivity contribution in [1.29, 1.82) is 0 Å². The van der Waals surface area contributed by atoms with E-state index in [1.807, 2.05) is 0 Å². The molecule has 2 aromatic carbocycles. The van der Waals surface area contributed by atoms with Gasteiger partial charge in [-0.05, 0) is 30.3 Å². The van der Waals surface area contributed by atoms with Crippen LogP contribution in [0.5, 0.6) is 5.75 Å². The summed E-state index contributed by atoms with van der Waals surface area (Å²) in [5.74, 6) is -0.659. The van der Waals surface area contributed by atoms with E-state index in [0.717, 1.165) is 4.47 Å². The van der Waals surface area contributed by atoms with Gasteiger partial charge in [-0.3, -0.25) is 4.79 Å². The Hall–Kier alpha value is -1.59. The minimum Gasteiger partial charge on any atom is -0.488 e. The molecule has 0 radical (unpaired) electrons. The summed E-state index contributed by atoms with van der Waals surface area (Å²) < 4.78 is 19.2. The smallest absolute Gasteiger partial charge is 0.252 e. The summed E-state index contributed by atoms with van der Waals surface area (Å²) in [6, 6.07) is 8.96. The number of hydrogen-bond donors (Lipinski definition) is 1. The van der Waals surface area contributed by atoms with Crippen molar-refractivity contribution in [2.75, 3.05) is 0 Å². The number of halogens is 3. The van der Waals surface area contributed by atoms with Crippen molar-refractivity contribution < 1.29 is 13.9 Å². The Morgan fingerprint density at radius 3 is 2.70 bits per heavy atom. The summed E-state index contributed by atoms with van der Waals surface area (Å²) in [7, 11) is 0. The molecule has 0 unspecified atom stereocenters. The molecule has 20 heavy (non-hydrogen) atoms. The van der Waals surface area contributed by atoms with Crippen LogP contribution in [-0.4, -0.2) is 5.91 Å². The molecule has 2 rings (SSSR count). The van der Waals surface area contributed by atoms with Gasteiger partial charge >= 0.3 is 0 Å². The Morgan fingerprint density at radius 1 is 1.30 bits per heavy atom. The van der Waals surface area contributed by atoms with E-state index in [4.69, 9.17) is 22.1 Å². The van der Waals surface area contributed by atoms with Gasteiger partial charge in [0.1, 0.15) is 18.2 Å². The Bertz CT molecular complexity index is 664. The first kappa shape index (κ1) is 14.8. The van der Waals surface area contributed by atoms with Crippen molar-refractivity contribution in [1.82, 2.24) is 0 Å². The summed E-state index contributed by atoms with van der Waals surface area (Å²) in [6.45, 7) is 0.112. The van der Waals surface area contributed by atoms with Crippen LogP contribution in [0.2, 0.25) is 5.02 Å². The predicted molar refractivity (Wildman–Crippen MR) is 78.4 cm³/mol. The first-order valence-electron chi connectivity index (χ1n) is 5.63. The topological polar surface area (TPSA) is 52.3 Å². The highest BCUT2D eigenvalue weighted by Crippen LogP contribution is 2.25. The average molecular weight is 359 g/mol. The van der Waals surface area contributed by atoms with Gasteiger partial charge in [-0.25, -0.2) is 4.39 Å². The number of amides is 1. The van der Waals surface area contributed by atoms with Crippen molar-refractivity contribution in [3.63, 3.8) is 0 Å². The summed E-state index contributed by atoms with van der Waals surface area (Å²) in [6.07, 6.45) is 0. The van der Waals surface area contributed by atoms with Gasteiger partial charge in [0.25, 0.3) is 5.91 Å². The van der Waals surface area contributed by atoms with E-state index in [9.17, 15) is 9.18 Å². The Balaban J connectivity index is 2.20. The van der Waals surface area contributed by atoms with Crippen LogP contribution in [0.15, 0.2) is 40.9 Å². The predicted octanol–water partition coefficient (Wildman–Crippen LogP) is 3.92. The third-order valence-electron chi connectivity index (χ3n) is 2.61. The maximum absolute atomic E-state index is 12.9. The van der Waals surface area contributed by atoms with Crippen LogP contribution in [0.3, 0.4) is 0 Å². The third kappa shape index (κ3) is 3.49. The lowest BCUT2D eigenvalue weighted by Gasteiger charge is -2.11. The highest BCUT2D eigenvalue weighted by Gasteiger charge is 2.11. The second-order valence-electron chi connectivity index (χ2n) is 4.03. The quantitative estimate of drug-likeness (QED) is 0.900. The van der Waals surface area contributed by atoms with Crippen molar-refractivity contribution in [3.05, 3.63) is 62.8 Å². The lowest BCUT2D eigenvalue weighted by atomic mass is 10.2. The second kappa shape index (κ2) is 6.24. The minimum atomic E-state index is -0.591. The average Bonchev–Trinajstić information content (AvgIpc) is 2.38. The fraction of sp³-hybridized carbons (Fsp3) is 0.0714. The van der Waals surface area contributed by atoms with E-state index in [1.54, 1.807) is 18.2 Å². The summed E-state index contributed by atoms with van der Waals surface area (Å²) in [5, 5.41) is 0.266. The zero-order chi connectivity index (χ0) is 14.7. The molecule has 0 atom stereocenters. The highest BCUT2D eigenvalue weighted by molar-refractivity contribution is 9.10. The third-order valence-corrected chi connectivity index (χ3v) is 3.45. The zero-order valence-corrected chi connectivity index (χ0v) is 12.5. The van der Waals surface area contributed by atoms with E-state index in [2.05, 4.69) is 15.9 Å². The van der Waals surface area contributed by atoms with Crippen molar-refractivity contribution >= 4 is 33.4 Å². The van der Waals surface area contributed by atoms with Crippen molar-refractivity contribution in [2.24, 2.45) is 5.73 Å². The van der Waals surface area contributed by atoms with Crippen LogP contribution in [0.25, 0.3) is 0 Å². The molecule has 0 aliphatic heterocycles. The maximum Gasteiger partial charge on any atom is 0.252 e. The molecule has 0 aliphatic rings. The number of hydrogen-bond acceptors (Lipinski definition) is 2. The molecule has 0 aromatic heterocycles. The van der Waals surface area contributed by atoms with Gasteiger partial charge < -0.3 is 10.5 Å². The van der Waals surface area contributed by atoms with Crippen LogP contribution >= 0.6 is 27.5 Å². The number of carbonyl (C=O) groups excluding carboxylic acids is 1. The molecule has 0 saturated heterocycles. The molecule has 0 saturated carbocycles. The lowest BCUT2D eigenvalue weighted by Crippen LogP contribution is -2.13. The van der Waals surface area contributed by atoms with Crippen LogP contribution in [0, 0.1) is 5.82 Å². The van der Waals surface area contributed by atoms with Crippen molar-refractivity contribution in [3.8, 4) is 5.75 Å². The highest BCUT2D eigenvalue weighted by atomic mass is 79.9. The molecule has 0 heterocycles. The maximum atomic E-state index is 12.9. The van der Waals surface area contributed by atoms with Gasteiger partial charge in [0.05, 0.1) is 10.6 Å². The molecule has 0 fully saturated rings. The van der Waals surface area contributed by atoms with E-state index < -0.39 is 11.7 Å². The molecule has 2 N–H and O–H groups in total. The molecule has 104 valence electrons. The molecule has 2 aromatic rings. The standard InChI is InChI=1S/C14H10BrClFNO2/c15-9-2-4-13(11(5-9)14(18)19)20-7-8-1-3-10(17)6-12(8)16/h1-6H,7H2,(H2,18,19). The largest absolute Gasteiger partial charge is 0.488 e. The number of carbonyl (C=O) groups is 1. The normalized spacial score (nSPS) is 10.3. The Kier molecular flexibility index (Phi) is 4.62. The number of nitrogens with two attached hydrogens (primary N) is 1. The summed E-state index contributed by atoms with van der Waals surface area (Å²) >= 11 is 9.16. The first-order valence-corrected chi connectivity index (χ1v) is 6.80. The van der Waals surface area contributed by atoms with Gasteiger partial charge in [0.2, 0.25) is 0 Å². The van der Waals surface area contributed by atoms with Gasteiger partial charge in [-0.15, -0.1) is 0 Å². The Morgan fingerprint density at radius 2 is 2.05 bits per heavy atom. The van der Waals surface area contributed by atoms with Crippen LogP contribution in [-0.2, 0) is 6.61 Å². The number of ether oxygens (including phenoxy) is 1. The second-order valence-corrected chi connectivity index (χ2v) is 5.35. The van der Waals surface area contributed by atoms with Crippen LogP contribution < -0.4 is 10.5 Å².